The van der Waals surface area contributed by atoms with Gasteiger partial charge in [-0.25, -0.2) is 0 Å². The van der Waals surface area contributed by atoms with Crippen LogP contribution in [0.5, 0.6) is 23.0 Å². The minimum atomic E-state index is -0.325. The van der Waals surface area contributed by atoms with Gasteiger partial charge in [-0.3, -0.25) is 4.79 Å². The van der Waals surface area contributed by atoms with E-state index >= 15 is 0 Å². The maximum absolute atomic E-state index is 11.9. The molecule has 3 rings (SSSR count). The monoisotopic (exact) mass is 313 g/mol. The minimum absolute atomic E-state index is 0.206. The van der Waals surface area contributed by atoms with E-state index in [1.165, 1.54) is 24.3 Å². The summed E-state index contributed by atoms with van der Waals surface area (Å²) in [5, 5.41) is 21.4. The number of benzene rings is 2. The number of aromatic hydroxyl groups is 2. The Morgan fingerprint density at radius 3 is 2.57 bits per heavy atom. The van der Waals surface area contributed by atoms with Crippen LogP contribution in [0.1, 0.15) is 5.56 Å². The SMILES string of the molecule is O=C(/C=C/c1ccc(O)c(O)c1)Nc1ccc2c(c1)OCCO2. The number of nitrogens with one attached hydrogen (secondary N) is 1. The minimum Gasteiger partial charge on any atom is -0.504 e. The van der Waals surface area contributed by atoms with Crippen LogP contribution >= 0.6 is 0 Å². The van der Waals surface area contributed by atoms with Crippen LogP contribution in [0.15, 0.2) is 42.5 Å². The molecule has 0 bridgehead atoms. The fourth-order valence-electron chi connectivity index (χ4n) is 2.12. The van der Waals surface area contributed by atoms with Crippen LogP contribution in [0.2, 0.25) is 0 Å². The molecule has 0 saturated heterocycles. The van der Waals surface area contributed by atoms with Gasteiger partial charge in [0.2, 0.25) is 5.91 Å². The van der Waals surface area contributed by atoms with Crippen molar-refractivity contribution in [2.24, 2.45) is 0 Å². The number of phenolic OH excluding ortho intramolecular Hbond substituents is 2. The number of fused-ring (bicyclic) bond motifs is 1. The zero-order chi connectivity index (χ0) is 16.2. The molecule has 2 aromatic rings. The van der Waals surface area contributed by atoms with Gasteiger partial charge in [-0.05, 0) is 35.9 Å². The van der Waals surface area contributed by atoms with Crippen molar-refractivity contribution in [1.82, 2.24) is 0 Å². The van der Waals surface area contributed by atoms with Crippen molar-refractivity contribution < 1.29 is 24.5 Å². The lowest BCUT2D eigenvalue weighted by Crippen LogP contribution is -2.16. The van der Waals surface area contributed by atoms with Crippen molar-refractivity contribution in [1.29, 1.82) is 0 Å². The Morgan fingerprint density at radius 2 is 1.78 bits per heavy atom. The molecular weight excluding hydrogens is 298 g/mol. The molecule has 0 spiro atoms. The topological polar surface area (TPSA) is 88.0 Å². The first kappa shape index (κ1) is 14.8. The first-order valence-electron chi connectivity index (χ1n) is 7.02. The Bertz CT molecular complexity index is 770. The molecule has 0 saturated carbocycles. The Labute approximate surface area is 132 Å². The Morgan fingerprint density at radius 1 is 1.00 bits per heavy atom. The van der Waals surface area contributed by atoms with Gasteiger partial charge < -0.3 is 25.0 Å². The van der Waals surface area contributed by atoms with E-state index in [-0.39, 0.29) is 17.4 Å². The molecule has 0 aromatic heterocycles. The number of carbonyl (C=O) groups is 1. The molecule has 1 aliphatic rings. The summed E-state index contributed by atoms with van der Waals surface area (Å²) >= 11 is 0. The van der Waals surface area contributed by atoms with Crippen molar-refractivity contribution >= 4 is 17.7 Å². The fraction of sp³-hybridized carbons (Fsp3) is 0.118. The van der Waals surface area contributed by atoms with Gasteiger partial charge in [-0.15, -0.1) is 0 Å². The van der Waals surface area contributed by atoms with Gasteiger partial charge in [-0.1, -0.05) is 6.07 Å². The first-order valence-corrected chi connectivity index (χ1v) is 7.02. The predicted molar refractivity (Wildman–Crippen MR) is 84.9 cm³/mol. The molecular formula is C17H15NO5. The standard InChI is InChI=1S/C17H15NO5/c19-13-4-1-11(9-14(13)20)2-6-17(21)18-12-3-5-15-16(10-12)23-8-7-22-15/h1-6,9-10,19-20H,7-8H2,(H,18,21)/b6-2+. The zero-order valence-electron chi connectivity index (χ0n) is 12.2. The highest BCUT2D eigenvalue weighted by Crippen LogP contribution is 2.32. The molecule has 23 heavy (non-hydrogen) atoms. The molecule has 0 fully saturated rings. The third-order valence-electron chi connectivity index (χ3n) is 3.24. The number of ether oxygens (including phenoxy) is 2. The van der Waals surface area contributed by atoms with Gasteiger partial charge in [0.1, 0.15) is 13.2 Å². The number of rotatable bonds is 3. The highest BCUT2D eigenvalue weighted by molar-refractivity contribution is 6.02. The number of carbonyl (C=O) groups excluding carboxylic acids is 1. The quantitative estimate of drug-likeness (QED) is 0.598. The highest BCUT2D eigenvalue weighted by Gasteiger charge is 2.12. The Kier molecular flexibility index (Phi) is 4.05. The third kappa shape index (κ3) is 3.55. The van der Waals surface area contributed by atoms with Crippen LogP contribution in [0, 0.1) is 0 Å². The van der Waals surface area contributed by atoms with E-state index in [2.05, 4.69) is 5.32 Å². The van der Waals surface area contributed by atoms with Crippen LogP contribution in [-0.4, -0.2) is 29.3 Å². The second-order valence-electron chi connectivity index (χ2n) is 4.93. The summed E-state index contributed by atoms with van der Waals surface area (Å²) in [5.41, 5.74) is 1.19. The van der Waals surface area contributed by atoms with Gasteiger partial charge in [0, 0.05) is 17.8 Å². The van der Waals surface area contributed by atoms with Crippen LogP contribution < -0.4 is 14.8 Å². The smallest absolute Gasteiger partial charge is 0.248 e. The summed E-state index contributed by atoms with van der Waals surface area (Å²) in [6, 6.07) is 9.48. The molecule has 0 atom stereocenters. The van der Waals surface area contributed by atoms with Gasteiger partial charge in [0.15, 0.2) is 23.0 Å². The summed E-state index contributed by atoms with van der Waals surface area (Å²) in [6.45, 7) is 0.996. The second kappa shape index (κ2) is 6.31. The fourth-order valence-corrected chi connectivity index (χ4v) is 2.12. The van der Waals surface area contributed by atoms with E-state index in [1.54, 1.807) is 24.3 Å². The average molecular weight is 313 g/mol. The largest absolute Gasteiger partial charge is 0.504 e. The molecule has 118 valence electrons. The lowest BCUT2D eigenvalue weighted by atomic mass is 10.2. The second-order valence-corrected chi connectivity index (χ2v) is 4.93. The molecule has 6 heteroatoms. The average Bonchev–Trinajstić information content (AvgIpc) is 2.56. The van der Waals surface area contributed by atoms with E-state index in [4.69, 9.17) is 9.47 Å². The van der Waals surface area contributed by atoms with Gasteiger partial charge in [-0.2, -0.15) is 0 Å². The van der Waals surface area contributed by atoms with E-state index < -0.39 is 0 Å². The zero-order valence-corrected chi connectivity index (χ0v) is 12.2. The number of hydrogen-bond acceptors (Lipinski definition) is 5. The lowest BCUT2D eigenvalue weighted by Gasteiger charge is -2.18. The maximum Gasteiger partial charge on any atom is 0.248 e. The van der Waals surface area contributed by atoms with E-state index in [0.29, 0.717) is 36.0 Å². The molecule has 1 heterocycles. The number of anilines is 1. The number of hydrogen-bond donors (Lipinski definition) is 3. The number of phenols is 2. The van der Waals surface area contributed by atoms with Gasteiger partial charge in [0.25, 0.3) is 0 Å². The van der Waals surface area contributed by atoms with Crippen LogP contribution in [-0.2, 0) is 4.79 Å². The van der Waals surface area contributed by atoms with E-state index in [0.717, 1.165) is 0 Å². The van der Waals surface area contributed by atoms with E-state index in [1.807, 2.05) is 0 Å². The highest BCUT2D eigenvalue weighted by atomic mass is 16.6. The summed E-state index contributed by atoms with van der Waals surface area (Å²) < 4.78 is 10.9. The van der Waals surface area contributed by atoms with Crippen LogP contribution in [0.25, 0.3) is 6.08 Å². The van der Waals surface area contributed by atoms with Crippen LogP contribution in [0.3, 0.4) is 0 Å². The molecule has 6 nitrogen and oxygen atoms in total. The molecule has 1 amide bonds. The summed E-state index contributed by atoms with van der Waals surface area (Å²) in [6.07, 6.45) is 2.87. The molecule has 2 aromatic carbocycles. The Balaban J connectivity index is 1.67. The van der Waals surface area contributed by atoms with Crippen LogP contribution in [0.4, 0.5) is 5.69 Å². The summed E-state index contributed by atoms with van der Waals surface area (Å²) in [5.74, 6) is 0.488. The summed E-state index contributed by atoms with van der Waals surface area (Å²) in [7, 11) is 0. The maximum atomic E-state index is 11.9. The molecule has 0 unspecified atom stereocenters. The predicted octanol–water partition coefficient (Wildman–Crippen LogP) is 2.52. The molecule has 0 radical (unpaired) electrons. The van der Waals surface area contributed by atoms with Crippen molar-refractivity contribution in [3.63, 3.8) is 0 Å². The van der Waals surface area contributed by atoms with Crippen molar-refractivity contribution in [2.75, 3.05) is 18.5 Å². The molecule has 1 aliphatic heterocycles. The van der Waals surface area contributed by atoms with Crippen molar-refractivity contribution in [2.45, 2.75) is 0 Å². The first-order chi connectivity index (χ1) is 11.1. The lowest BCUT2D eigenvalue weighted by molar-refractivity contribution is -0.111. The van der Waals surface area contributed by atoms with Gasteiger partial charge >= 0.3 is 0 Å². The Hall–Kier alpha value is -3.15. The normalized spacial score (nSPS) is 13.0. The number of amides is 1. The molecule has 0 aliphatic carbocycles. The molecule has 3 N–H and O–H groups in total. The van der Waals surface area contributed by atoms with Crippen molar-refractivity contribution in [3.8, 4) is 23.0 Å². The summed E-state index contributed by atoms with van der Waals surface area (Å²) in [4.78, 5) is 11.9. The van der Waals surface area contributed by atoms with Crippen molar-refractivity contribution in [3.05, 3.63) is 48.0 Å². The third-order valence-corrected chi connectivity index (χ3v) is 3.24. The van der Waals surface area contributed by atoms with E-state index in [9.17, 15) is 15.0 Å². The van der Waals surface area contributed by atoms with Gasteiger partial charge in [0.05, 0.1) is 0 Å².